The Hall–Kier alpha value is -1.00. The number of hydrogen-bond donors (Lipinski definition) is 2. The number of benzene rings is 2. The molecule has 6 rings (SSSR count). The molecule has 4 aliphatic rings. The molecule has 4 fully saturated rings. The van der Waals surface area contributed by atoms with E-state index in [1.807, 2.05) is 12.1 Å². The maximum absolute atomic E-state index is 9.93. The highest BCUT2D eigenvalue weighted by atomic mass is 79.9. The van der Waals surface area contributed by atoms with E-state index in [2.05, 4.69) is 56.1 Å². The minimum absolute atomic E-state index is 0.213. The zero-order valence-corrected chi connectivity index (χ0v) is 17.7. The number of hydrogen-bond acceptors (Lipinski definition) is 2. The molecule has 4 bridgehead atoms. The van der Waals surface area contributed by atoms with Gasteiger partial charge in [0.15, 0.2) is 0 Å². The summed E-state index contributed by atoms with van der Waals surface area (Å²) in [4.78, 5) is 0. The zero-order chi connectivity index (χ0) is 18.1. The highest BCUT2D eigenvalue weighted by Crippen LogP contribution is 2.66. The molecule has 2 nitrogen and oxygen atoms in total. The molecule has 2 aromatic carbocycles. The Morgan fingerprint density at radius 3 is 1.54 bits per heavy atom. The van der Waals surface area contributed by atoms with Crippen molar-refractivity contribution in [3.8, 4) is 11.5 Å². The van der Waals surface area contributed by atoms with Crippen molar-refractivity contribution >= 4 is 31.9 Å². The van der Waals surface area contributed by atoms with Crippen LogP contribution in [0.3, 0.4) is 0 Å². The lowest BCUT2D eigenvalue weighted by Crippen LogP contribution is -2.55. The lowest BCUT2D eigenvalue weighted by molar-refractivity contribution is -0.0282. The number of halogens is 2. The highest BCUT2D eigenvalue weighted by molar-refractivity contribution is 9.10. The molecule has 0 saturated heterocycles. The molecule has 4 heteroatoms. The highest BCUT2D eigenvalue weighted by Gasteiger charge is 2.58. The maximum atomic E-state index is 9.93. The Balaban J connectivity index is 1.61. The van der Waals surface area contributed by atoms with Crippen LogP contribution in [0.25, 0.3) is 0 Å². The summed E-state index contributed by atoms with van der Waals surface area (Å²) in [6, 6.07) is 12.2. The minimum atomic E-state index is 0.213. The molecule has 0 spiro atoms. The van der Waals surface area contributed by atoms with Crippen LogP contribution in [0.1, 0.15) is 49.7 Å². The van der Waals surface area contributed by atoms with E-state index in [1.165, 1.54) is 49.7 Å². The lowest BCUT2D eigenvalue weighted by atomic mass is 9.42. The van der Waals surface area contributed by atoms with Crippen molar-refractivity contribution in [3.05, 3.63) is 56.5 Å². The molecular formula is C22H22Br2O2. The second-order valence-electron chi connectivity index (χ2n) is 8.85. The largest absolute Gasteiger partial charge is 0.507 e. The van der Waals surface area contributed by atoms with Gasteiger partial charge in [-0.2, -0.15) is 0 Å². The first-order valence-electron chi connectivity index (χ1n) is 9.37. The van der Waals surface area contributed by atoms with Gasteiger partial charge >= 0.3 is 0 Å². The van der Waals surface area contributed by atoms with Gasteiger partial charge in [-0.05, 0) is 128 Å². The van der Waals surface area contributed by atoms with E-state index in [-0.39, 0.29) is 10.8 Å². The summed E-state index contributed by atoms with van der Waals surface area (Å²) < 4.78 is 1.60. The number of aromatic hydroxyl groups is 2. The van der Waals surface area contributed by atoms with Crippen LogP contribution in [0.15, 0.2) is 45.3 Å². The van der Waals surface area contributed by atoms with Crippen LogP contribution in [0.4, 0.5) is 0 Å². The van der Waals surface area contributed by atoms with Gasteiger partial charge in [-0.3, -0.25) is 0 Å². The molecule has 2 aromatic rings. The SMILES string of the molecule is Oc1ccc(C23CC4CC(C2)CC(c2ccc(O)c(Br)c2)(C4)C3)cc1Br. The predicted molar refractivity (Wildman–Crippen MR) is 110 cm³/mol. The molecule has 2 N–H and O–H groups in total. The first kappa shape index (κ1) is 17.1. The van der Waals surface area contributed by atoms with Crippen molar-refractivity contribution in [2.75, 3.05) is 0 Å². The first-order chi connectivity index (χ1) is 12.4. The molecule has 0 aromatic heterocycles. The Morgan fingerprint density at radius 1 is 0.731 bits per heavy atom. The molecular weight excluding hydrogens is 456 g/mol. The fourth-order valence-corrected chi connectivity index (χ4v) is 7.37. The van der Waals surface area contributed by atoms with Crippen LogP contribution in [0, 0.1) is 11.8 Å². The second-order valence-corrected chi connectivity index (χ2v) is 10.6. The van der Waals surface area contributed by atoms with Gasteiger partial charge in [-0.25, -0.2) is 0 Å². The minimum Gasteiger partial charge on any atom is -0.507 e. The fourth-order valence-electron chi connectivity index (χ4n) is 6.61. The van der Waals surface area contributed by atoms with E-state index in [0.717, 1.165) is 20.8 Å². The Morgan fingerprint density at radius 2 is 1.15 bits per heavy atom. The average molecular weight is 478 g/mol. The number of phenols is 2. The maximum Gasteiger partial charge on any atom is 0.129 e. The van der Waals surface area contributed by atoms with Gasteiger partial charge in [-0.1, -0.05) is 12.1 Å². The van der Waals surface area contributed by atoms with Crippen molar-refractivity contribution in [1.82, 2.24) is 0 Å². The smallest absolute Gasteiger partial charge is 0.129 e. The summed E-state index contributed by atoms with van der Waals surface area (Å²) in [7, 11) is 0. The molecule has 4 aliphatic carbocycles. The van der Waals surface area contributed by atoms with Crippen LogP contribution in [-0.4, -0.2) is 10.2 Å². The van der Waals surface area contributed by atoms with Crippen molar-refractivity contribution in [3.63, 3.8) is 0 Å². The van der Waals surface area contributed by atoms with Crippen LogP contribution in [-0.2, 0) is 10.8 Å². The normalized spacial score (nSPS) is 35.0. The quantitative estimate of drug-likeness (QED) is 0.524. The van der Waals surface area contributed by atoms with E-state index in [1.54, 1.807) is 0 Å². The molecule has 0 radical (unpaired) electrons. The van der Waals surface area contributed by atoms with Crippen LogP contribution < -0.4 is 0 Å². The monoisotopic (exact) mass is 476 g/mol. The van der Waals surface area contributed by atoms with Gasteiger partial charge < -0.3 is 10.2 Å². The number of rotatable bonds is 2. The van der Waals surface area contributed by atoms with Crippen molar-refractivity contribution in [2.45, 2.75) is 49.4 Å². The summed E-state index contributed by atoms with van der Waals surface area (Å²) in [5, 5.41) is 19.9. The average Bonchev–Trinajstić information content (AvgIpc) is 2.58. The van der Waals surface area contributed by atoms with Crippen molar-refractivity contribution in [1.29, 1.82) is 0 Å². The van der Waals surface area contributed by atoms with E-state index in [0.29, 0.717) is 11.5 Å². The van der Waals surface area contributed by atoms with Crippen LogP contribution in [0.2, 0.25) is 0 Å². The summed E-state index contributed by atoms with van der Waals surface area (Å²) in [5.41, 5.74) is 3.17. The Kier molecular flexibility index (Phi) is 3.78. The molecule has 0 aliphatic heterocycles. The van der Waals surface area contributed by atoms with Gasteiger partial charge in [0.2, 0.25) is 0 Å². The van der Waals surface area contributed by atoms with Gasteiger partial charge in [0.1, 0.15) is 11.5 Å². The standard InChI is InChI=1S/C22H22Br2O2/c23-17-6-15(1-3-19(17)25)21-8-13-5-14(9-21)11-22(10-13,12-21)16-2-4-20(26)18(24)7-16/h1-4,6-7,13-14,25-26H,5,8-12H2. The molecule has 0 unspecified atom stereocenters. The lowest BCUT2D eigenvalue weighted by Gasteiger charge is -2.63. The molecule has 4 saturated carbocycles. The molecule has 0 heterocycles. The molecule has 0 atom stereocenters. The van der Waals surface area contributed by atoms with Crippen molar-refractivity contribution < 1.29 is 10.2 Å². The Bertz CT molecular complexity index is 808. The second kappa shape index (κ2) is 5.75. The van der Waals surface area contributed by atoms with E-state index < -0.39 is 0 Å². The topological polar surface area (TPSA) is 40.5 Å². The van der Waals surface area contributed by atoms with Gasteiger partial charge in [0.05, 0.1) is 8.95 Å². The predicted octanol–water partition coefficient (Wildman–Crippen LogP) is 6.41. The molecule has 136 valence electrons. The third-order valence-electron chi connectivity index (χ3n) is 7.18. The zero-order valence-electron chi connectivity index (χ0n) is 14.5. The van der Waals surface area contributed by atoms with Crippen molar-refractivity contribution in [2.24, 2.45) is 11.8 Å². The third kappa shape index (κ3) is 2.48. The first-order valence-corrected chi connectivity index (χ1v) is 11.0. The van der Waals surface area contributed by atoms with Gasteiger partial charge in [-0.15, -0.1) is 0 Å². The van der Waals surface area contributed by atoms with Crippen LogP contribution in [0.5, 0.6) is 11.5 Å². The van der Waals surface area contributed by atoms with E-state index in [9.17, 15) is 10.2 Å². The summed E-state index contributed by atoms with van der Waals surface area (Å²) in [6.45, 7) is 0. The summed E-state index contributed by atoms with van der Waals surface area (Å²) in [5.74, 6) is 2.18. The van der Waals surface area contributed by atoms with Gasteiger partial charge in [0, 0.05) is 0 Å². The Labute approximate surface area is 170 Å². The van der Waals surface area contributed by atoms with Crippen LogP contribution >= 0.6 is 31.9 Å². The summed E-state index contributed by atoms with van der Waals surface area (Å²) >= 11 is 7.03. The van der Waals surface area contributed by atoms with E-state index in [4.69, 9.17) is 0 Å². The summed E-state index contributed by atoms with van der Waals surface area (Å²) in [6.07, 6.45) is 7.59. The molecule has 26 heavy (non-hydrogen) atoms. The third-order valence-corrected chi connectivity index (χ3v) is 8.45. The number of phenolic OH excluding ortho intramolecular Hbond substituents is 2. The van der Waals surface area contributed by atoms with E-state index >= 15 is 0 Å². The fraction of sp³-hybridized carbons (Fsp3) is 0.455. The van der Waals surface area contributed by atoms with Gasteiger partial charge in [0.25, 0.3) is 0 Å². The molecule has 0 amide bonds.